The van der Waals surface area contributed by atoms with E-state index in [9.17, 15) is 0 Å². The standard InChI is InChI=1S/C13H18ClNO2/c14-10-13-11-15(7-9-17-13)6-8-16-12-4-2-1-3-5-12/h1-5,13H,6-11H2. The Morgan fingerprint density at radius 2 is 2.18 bits per heavy atom. The number of morpholine rings is 1. The summed E-state index contributed by atoms with van der Waals surface area (Å²) < 4.78 is 11.2. The van der Waals surface area contributed by atoms with Gasteiger partial charge in [-0.25, -0.2) is 0 Å². The van der Waals surface area contributed by atoms with Crippen LogP contribution in [0.2, 0.25) is 0 Å². The number of nitrogens with zero attached hydrogens (tertiary/aromatic N) is 1. The molecule has 0 amide bonds. The molecule has 0 aromatic heterocycles. The van der Waals surface area contributed by atoms with Gasteiger partial charge in [0.05, 0.1) is 12.7 Å². The molecule has 1 heterocycles. The van der Waals surface area contributed by atoms with Crippen LogP contribution in [0.1, 0.15) is 0 Å². The summed E-state index contributed by atoms with van der Waals surface area (Å²) in [4.78, 5) is 2.33. The van der Waals surface area contributed by atoms with Gasteiger partial charge in [0.15, 0.2) is 0 Å². The molecule has 3 nitrogen and oxygen atoms in total. The van der Waals surface area contributed by atoms with Gasteiger partial charge < -0.3 is 9.47 Å². The average molecular weight is 256 g/mol. The van der Waals surface area contributed by atoms with E-state index in [0.29, 0.717) is 12.5 Å². The SMILES string of the molecule is ClCC1CN(CCOc2ccccc2)CCO1. The number of para-hydroxylation sites is 1. The van der Waals surface area contributed by atoms with Crippen molar-refractivity contribution >= 4 is 11.6 Å². The molecular weight excluding hydrogens is 238 g/mol. The molecule has 1 unspecified atom stereocenters. The van der Waals surface area contributed by atoms with Crippen molar-refractivity contribution in [2.24, 2.45) is 0 Å². The number of hydrogen-bond donors (Lipinski definition) is 0. The monoisotopic (exact) mass is 255 g/mol. The lowest BCUT2D eigenvalue weighted by molar-refractivity contribution is -0.0196. The number of rotatable bonds is 5. The minimum Gasteiger partial charge on any atom is -0.492 e. The molecule has 1 fully saturated rings. The minimum atomic E-state index is 0.169. The van der Waals surface area contributed by atoms with Crippen molar-refractivity contribution in [3.8, 4) is 5.75 Å². The summed E-state index contributed by atoms with van der Waals surface area (Å²) in [6.45, 7) is 4.26. The molecule has 1 saturated heterocycles. The fraction of sp³-hybridized carbons (Fsp3) is 0.538. The number of hydrogen-bond acceptors (Lipinski definition) is 3. The van der Waals surface area contributed by atoms with Gasteiger partial charge in [-0.05, 0) is 12.1 Å². The zero-order valence-electron chi connectivity index (χ0n) is 9.85. The highest BCUT2D eigenvalue weighted by atomic mass is 35.5. The van der Waals surface area contributed by atoms with Crippen molar-refractivity contribution in [2.45, 2.75) is 6.10 Å². The molecule has 1 aliphatic rings. The fourth-order valence-electron chi connectivity index (χ4n) is 1.89. The summed E-state index contributed by atoms with van der Waals surface area (Å²) in [7, 11) is 0. The zero-order chi connectivity index (χ0) is 11.9. The molecule has 0 bridgehead atoms. The Bertz CT molecular complexity index is 320. The molecule has 2 rings (SSSR count). The molecule has 4 heteroatoms. The topological polar surface area (TPSA) is 21.7 Å². The van der Waals surface area contributed by atoms with E-state index in [0.717, 1.165) is 32.0 Å². The average Bonchev–Trinajstić information content (AvgIpc) is 2.40. The van der Waals surface area contributed by atoms with Crippen LogP contribution < -0.4 is 4.74 Å². The Morgan fingerprint density at radius 1 is 1.35 bits per heavy atom. The first-order valence-electron chi connectivity index (χ1n) is 5.96. The number of benzene rings is 1. The van der Waals surface area contributed by atoms with Crippen LogP contribution in [0, 0.1) is 0 Å². The maximum Gasteiger partial charge on any atom is 0.119 e. The quantitative estimate of drug-likeness (QED) is 0.752. The minimum absolute atomic E-state index is 0.169. The van der Waals surface area contributed by atoms with Crippen LogP contribution in [0.4, 0.5) is 0 Å². The van der Waals surface area contributed by atoms with Crippen molar-refractivity contribution < 1.29 is 9.47 Å². The Morgan fingerprint density at radius 3 is 2.94 bits per heavy atom. The summed E-state index contributed by atoms with van der Waals surface area (Å²) in [5.41, 5.74) is 0. The second-order valence-electron chi connectivity index (χ2n) is 4.11. The van der Waals surface area contributed by atoms with Crippen molar-refractivity contribution in [1.29, 1.82) is 0 Å². The van der Waals surface area contributed by atoms with E-state index in [1.807, 2.05) is 30.3 Å². The molecule has 1 aromatic carbocycles. The van der Waals surface area contributed by atoms with E-state index in [1.165, 1.54) is 0 Å². The van der Waals surface area contributed by atoms with Gasteiger partial charge >= 0.3 is 0 Å². The van der Waals surface area contributed by atoms with Gasteiger partial charge in [-0.3, -0.25) is 4.90 Å². The van der Waals surface area contributed by atoms with Gasteiger partial charge in [0.1, 0.15) is 12.4 Å². The van der Waals surface area contributed by atoms with E-state index >= 15 is 0 Å². The van der Waals surface area contributed by atoms with Crippen molar-refractivity contribution in [3.05, 3.63) is 30.3 Å². The molecule has 0 spiro atoms. The highest BCUT2D eigenvalue weighted by molar-refractivity contribution is 6.18. The number of ether oxygens (including phenoxy) is 2. The highest BCUT2D eigenvalue weighted by Gasteiger charge is 2.18. The largest absolute Gasteiger partial charge is 0.492 e. The maximum atomic E-state index is 5.79. The van der Waals surface area contributed by atoms with Gasteiger partial charge in [0.25, 0.3) is 0 Å². The van der Waals surface area contributed by atoms with Crippen LogP contribution in [-0.4, -0.2) is 49.7 Å². The summed E-state index contributed by atoms with van der Waals surface area (Å²) in [6, 6.07) is 9.89. The maximum absolute atomic E-state index is 5.79. The Balaban J connectivity index is 1.68. The number of halogens is 1. The van der Waals surface area contributed by atoms with E-state index < -0.39 is 0 Å². The van der Waals surface area contributed by atoms with Crippen LogP contribution in [0.3, 0.4) is 0 Å². The number of alkyl halides is 1. The van der Waals surface area contributed by atoms with Crippen LogP contribution in [0.15, 0.2) is 30.3 Å². The lowest BCUT2D eigenvalue weighted by atomic mass is 10.3. The van der Waals surface area contributed by atoms with Gasteiger partial charge in [-0.2, -0.15) is 0 Å². The van der Waals surface area contributed by atoms with E-state index in [2.05, 4.69) is 4.90 Å². The summed E-state index contributed by atoms with van der Waals surface area (Å²) in [5.74, 6) is 1.49. The fourth-order valence-corrected chi connectivity index (χ4v) is 2.07. The molecule has 1 aliphatic heterocycles. The van der Waals surface area contributed by atoms with E-state index in [-0.39, 0.29) is 6.10 Å². The van der Waals surface area contributed by atoms with Crippen LogP contribution in [0.5, 0.6) is 5.75 Å². The zero-order valence-corrected chi connectivity index (χ0v) is 10.6. The molecule has 0 radical (unpaired) electrons. The lowest BCUT2D eigenvalue weighted by Gasteiger charge is -2.31. The van der Waals surface area contributed by atoms with Crippen LogP contribution >= 0.6 is 11.6 Å². The van der Waals surface area contributed by atoms with Gasteiger partial charge in [-0.15, -0.1) is 11.6 Å². The van der Waals surface area contributed by atoms with Crippen LogP contribution in [-0.2, 0) is 4.74 Å². The first-order valence-corrected chi connectivity index (χ1v) is 6.49. The lowest BCUT2D eigenvalue weighted by Crippen LogP contribution is -2.44. The molecule has 1 aromatic rings. The predicted molar refractivity (Wildman–Crippen MR) is 68.8 cm³/mol. The summed E-state index contributed by atoms with van der Waals surface area (Å²) in [6.07, 6.45) is 0.169. The normalized spacial score (nSPS) is 21.4. The molecule has 0 aliphatic carbocycles. The van der Waals surface area contributed by atoms with Gasteiger partial charge in [0, 0.05) is 25.5 Å². The second-order valence-corrected chi connectivity index (χ2v) is 4.42. The summed E-state index contributed by atoms with van der Waals surface area (Å²) >= 11 is 5.79. The van der Waals surface area contributed by atoms with Crippen molar-refractivity contribution in [3.63, 3.8) is 0 Å². The first-order chi connectivity index (χ1) is 8.38. The molecule has 1 atom stereocenters. The Labute approximate surface area is 107 Å². The van der Waals surface area contributed by atoms with E-state index in [4.69, 9.17) is 21.1 Å². The van der Waals surface area contributed by atoms with E-state index in [1.54, 1.807) is 0 Å². The molecular formula is C13H18ClNO2. The molecule has 0 saturated carbocycles. The predicted octanol–water partition coefficient (Wildman–Crippen LogP) is 2.00. The van der Waals surface area contributed by atoms with Crippen molar-refractivity contribution in [1.82, 2.24) is 4.90 Å². The van der Waals surface area contributed by atoms with Gasteiger partial charge in [-0.1, -0.05) is 18.2 Å². The smallest absolute Gasteiger partial charge is 0.119 e. The third-order valence-corrected chi connectivity index (χ3v) is 3.16. The Kier molecular flexibility index (Phi) is 5.10. The van der Waals surface area contributed by atoms with Gasteiger partial charge in [0.2, 0.25) is 0 Å². The molecule has 0 N–H and O–H groups in total. The molecule has 94 valence electrons. The Hall–Kier alpha value is -0.770. The van der Waals surface area contributed by atoms with Crippen LogP contribution in [0.25, 0.3) is 0 Å². The summed E-state index contributed by atoms with van der Waals surface area (Å²) in [5, 5.41) is 0. The van der Waals surface area contributed by atoms with Crippen molar-refractivity contribution in [2.75, 3.05) is 38.7 Å². The second kappa shape index (κ2) is 6.84. The highest BCUT2D eigenvalue weighted by Crippen LogP contribution is 2.09. The third-order valence-electron chi connectivity index (χ3n) is 2.81. The third kappa shape index (κ3) is 4.19. The first kappa shape index (κ1) is 12.7. The molecule has 17 heavy (non-hydrogen) atoms.